The van der Waals surface area contributed by atoms with E-state index in [1.165, 1.54) is 12.0 Å². The number of fused-ring (bicyclic) bond motifs is 3. The summed E-state index contributed by atoms with van der Waals surface area (Å²) in [5.74, 6) is 1.53. The lowest BCUT2D eigenvalue weighted by atomic mass is 10.1. The fourth-order valence-electron chi connectivity index (χ4n) is 5.57. The molecule has 0 bridgehead atoms. The summed E-state index contributed by atoms with van der Waals surface area (Å²) in [6.07, 6.45) is 1.18. The summed E-state index contributed by atoms with van der Waals surface area (Å²) in [6, 6.07) is 23.7. The lowest BCUT2D eigenvalue weighted by Crippen LogP contribution is -2.28. The van der Waals surface area contributed by atoms with E-state index in [4.69, 9.17) is 14.5 Å². The van der Waals surface area contributed by atoms with E-state index in [-0.39, 0.29) is 5.91 Å². The van der Waals surface area contributed by atoms with Crippen LogP contribution in [0.25, 0.3) is 33.1 Å². The van der Waals surface area contributed by atoms with Crippen molar-refractivity contribution in [1.29, 1.82) is 0 Å². The number of H-pyrrole nitrogens is 1. The Kier molecular flexibility index (Phi) is 7.59. The van der Waals surface area contributed by atoms with Gasteiger partial charge in [-0.1, -0.05) is 30.3 Å². The van der Waals surface area contributed by atoms with Crippen LogP contribution in [0.5, 0.6) is 11.5 Å². The van der Waals surface area contributed by atoms with Gasteiger partial charge in [-0.2, -0.15) is 0 Å². The first-order chi connectivity index (χ1) is 20.0. The second-order valence-electron chi connectivity index (χ2n) is 10.6. The van der Waals surface area contributed by atoms with Crippen LogP contribution in [0.3, 0.4) is 0 Å². The Morgan fingerprint density at radius 2 is 1.71 bits per heavy atom. The molecule has 1 aliphatic heterocycles. The molecule has 0 saturated carbocycles. The van der Waals surface area contributed by atoms with E-state index in [2.05, 4.69) is 45.3 Å². The number of nitrogens with one attached hydrogen (secondary N) is 2. The number of nitrogens with zero attached hydrogens (tertiary/aromatic N) is 3. The largest absolute Gasteiger partial charge is 0.493 e. The number of carbonyl (C=O) groups excluding carboxylic acids is 1. The van der Waals surface area contributed by atoms with Crippen molar-refractivity contribution in [3.05, 3.63) is 83.9 Å². The molecular weight excluding hydrogens is 514 g/mol. The van der Waals surface area contributed by atoms with Crippen molar-refractivity contribution in [2.24, 2.45) is 0 Å². The third-order valence-electron chi connectivity index (χ3n) is 7.83. The molecule has 2 N–H and O–H groups in total. The zero-order valence-corrected chi connectivity index (χ0v) is 23.7. The summed E-state index contributed by atoms with van der Waals surface area (Å²) in [5.41, 5.74) is 5.26. The van der Waals surface area contributed by atoms with Gasteiger partial charge >= 0.3 is 0 Å². The number of hydrogen-bond donors (Lipinski definition) is 2. The first-order valence-corrected chi connectivity index (χ1v) is 14.0. The Balaban J connectivity index is 1.30. The number of ether oxygens (including phenoxy) is 2. The second kappa shape index (κ2) is 11.6. The van der Waals surface area contributed by atoms with Crippen LogP contribution in [-0.4, -0.2) is 73.1 Å². The molecule has 0 spiro atoms. The Morgan fingerprint density at radius 3 is 2.51 bits per heavy atom. The van der Waals surface area contributed by atoms with Crippen LogP contribution < -0.4 is 14.8 Å². The minimum absolute atomic E-state index is 0.196. The van der Waals surface area contributed by atoms with Crippen LogP contribution in [-0.2, 0) is 6.54 Å². The van der Waals surface area contributed by atoms with Crippen molar-refractivity contribution < 1.29 is 14.3 Å². The van der Waals surface area contributed by atoms with Gasteiger partial charge in [-0.25, -0.2) is 4.98 Å². The molecule has 3 heterocycles. The number of aromatic amines is 1. The van der Waals surface area contributed by atoms with Gasteiger partial charge in [0.25, 0.3) is 5.91 Å². The highest BCUT2D eigenvalue weighted by molar-refractivity contribution is 6.13. The standard InChI is InChI=1S/C33H35N5O3/c1-37-15-6-16-38(18-17-37)21-22-9-11-23(12-10-22)33(39)36-30-20-26-25-7-4-5-8-27(25)34-32(26)31(35-30)24-13-14-28(40-2)29(19-24)41-3/h4-5,7-14,19-20,34H,6,15-18,21H2,1-3H3,(H,35,36,39). The number of anilines is 1. The zero-order chi connectivity index (χ0) is 28.3. The third-order valence-corrected chi connectivity index (χ3v) is 7.83. The molecular formula is C33H35N5O3. The Morgan fingerprint density at radius 1 is 0.902 bits per heavy atom. The fraction of sp³-hybridized carbons (Fsp3) is 0.273. The molecule has 1 saturated heterocycles. The maximum absolute atomic E-state index is 13.4. The molecule has 8 nitrogen and oxygen atoms in total. The molecule has 0 unspecified atom stereocenters. The summed E-state index contributed by atoms with van der Waals surface area (Å²) in [6.45, 7) is 5.27. The molecule has 0 atom stereocenters. The molecule has 0 radical (unpaired) electrons. The van der Waals surface area contributed by atoms with Crippen molar-refractivity contribution in [3.8, 4) is 22.8 Å². The molecule has 5 aromatic rings. The Hall–Kier alpha value is -4.40. The van der Waals surface area contributed by atoms with Crippen molar-refractivity contribution in [2.45, 2.75) is 13.0 Å². The molecule has 0 aliphatic carbocycles. The molecule has 1 fully saturated rings. The van der Waals surface area contributed by atoms with Gasteiger partial charge in [-0.3, -0.25) is 9.69 Å². The highest BCUT2D eigenvalue weighted by Gasteiger charge is 2.18. The number of likely N-dealkylation sites (N-methyl/N-ethyl adjacent to an activating group) is 1. The van der Waals surface area contributed by atoms with Crippen LogP contribution in [0, 0.1) is 0 Å². The smallest absolute Gasteiger partial charge is 0.256 e. The monoisotopic (exact) mass is 549 g/mol. The molecule has 1 aliphatic rings. The molecule has 210 valence electrons. The number of methoxy groups -OCH3 is 2. The van der Waals surface area contributed by atoms with E-state index in [0.29, 0.717) is 28.6 Å². The van der Waals surface area contributed by atoms with E-state index in [1.54, 1.807) is 14.2 Å². The highest BCUT2D eigenvalue weighted by Crippen LogP contribution is 2.37. The van der Waals surface area contributed by atoms with Gasteiger partial charge in [0.15, 0.2) is 11.5 Å². The van der Waals surface area contributed by atoms with Gasteiger partial charge in [-0.05, 0) is 74.6 Å². The maximum Gasteiger partial charge on any atom is 0.256 e. The lowest BCUT2D eigenvalue weighted by Gasteiger charge is -2.20. The average Bonchev–Trinajstić information content (AvgIpc) is 3.25. The molecule has 41 heavy (non-hydrogen) atoms. The summed E-state index contributed by atoms with van der Waals surface area (Å²) >= 11 is 0. The van der Waals surface area contributed by atoms with Crippen molar-refractivity contribution in [2.75, 3.05) is 52.8 Å². The average molecular weight is 550 g/mol. The second-order valence-corrected chi connectivity index (χ2v) is 10.6. The van der Waals surface area contributed by atoms with Gasteiger partial charge in [0.05, 0.1) is 25.4 Å². The number of para-hydroxylation sites is 1. The van der Waals surface area contributed by atoms with E-state index < -0.39 is 0 Å². The van der Waals surface area contributed by atoms with Gasteiger partial charge in [0, 0.05) is 47.1 Å². The summed E-state index contributed by atoms with van der Waals surface area (Å²) in [7, 11) is 5.41. The van der Waals surface area contributed by atoms with Crippen LogP contribution >= 0.6 is 0 Å². The molecule has 1 amide bonds. The number of carbonyl (C=O) groups is 1. The van der Waals surface area contributed by atoms with Gasteiger partial charge in [-0.15, -0.1) is 0 Å². The predicted molar refractivity (Wildman–Crippen MR) is 164 cm³/mol. The van der Waals surface area contributed by atoms with Gasteiger partial charge in [0.1, 0.15) is 5.82 Å². The molecule has 2 aromatic heterocycles. The normalized spacial score (nSPS) is 14.7. The van der Waals surface area contributed by atoms with E-state index in [9.17, 15) is 4.79 Å². The topological polar surface area (TPSA) is 82.7 Å². The summed E-state index contributed by atoms with van der Waals surface area (Å²) < 4.78 is 11.0. The van der Waals surface area contributed by atoms with Gasteiger partial charge < -0.3 is 24.7 Å². The Bertz CT molecular complexity index is 1700. The predicted octanol–water partition coefficient (Wildman–Crippen LogP) is 5.79. The van der Waals surface area contributed by atoms with Gasteiger partial charge in [0.2, 0.25) is 0 Å². The number of rotatable bonds is 7. The van der Waals surface area contributed by atoms with Crippen LogP contribution in [0.4, 0.5) is 5.82 Å². The first kappa shape index (κ1) is 26.8. The third kappa shape index (κ3) is 5.62. The minimum Gasteiger partial charge on any atom is -0.493 e. The molecule has 6 rings (SSSR count). The van der Waals surface area contributed by atoms with Crippen molar-refractivity contribution in [1.82, 2.24) is 19.8 Å². The SMILES string of the molecule is COc1ccc(-c2nc(NC(=O)c3ccc(CN4CCCN(C)CC4)cc3)cc3c2[nH]c2ccccc23)cc1OC. The summed E-state index contributed by atoms with van der Waals surface area (Å²) in [4.78, 5) is 26.6. The maximum atomic E-state index is 13.4. The highest BCUT2D eigenvalue weighted by atomic mass is 16.5. The summed E-state index contributed by atoms with van der Waals surface area (Å²) in [5, 5.41) is 5.09. The van der Waals surface area contributed by atoms with Crippen LogP contribution in [0.2, 0.25) is 0 Å². The Labute approximate surface area is 239 Å². The zero-order valence-electron chi connectivity index (χ0n) is 23.7. The number of benzene rings is 3. The minimum atomic E-state index is -0.196. The molecule has 3 aromatic carbocycles. The van der Waals surface area contributed by atoms with Crippen molar-refractivity contribution in [3.63, 3.8) is 0 Å². The quantitative estimate of drug-likeness (QED) is 0.267. The van der Waals surface area contributed by atoms with Crippen molar-refractivity contribution >= 4 is 33.5 Å². The lowest BCUT2D eigenvalue weighted by molar-refractivity contribution is 0.102. The number of hydrogen-bond acceptors (Lipinski definition) is 6. The fourth-order valence-corrected chi connectivity index (χ4v) is 5.57. The number of pyridine rings is 1. The number of amides is 1. The van der Waals surface area contributed by atoms with E-state index in [0.717, 1.165) is 60.1 Å². The molecule has 8 heteroatoms. The van der Waals surface area contributed by atoms with E-state index in [1.807, 2.05) is 54.6 Å². The van der Waals surface area contributed by atoms with Crippen LogP contribution in [0.15, 0.2) is 72.8 Å². The first-order valence-electron chi connectivity index (χ1n) is 14.0. The van der Waals surface area contributed by atoms with E-state index >= 15 is 0 Å². The number of aromatic nitrogens is 2. The van der Waals surface area contributed by atoms with Crippen LogP contribution in [0.1, 0.15) is 22.3 Å².